The zero-order valence-electron chi connectivity index (χ0n) is 11.4. The summed E-state index contributed by atoms with van der Waals surface area (Å²) in [6, 6.07) is 0.961. The summed E-state index contributed by atoms with van der Waals surface area (Å²) in [4.78, 5) is 21.0. The molecule has 1 aromatic rings. The third-order valence-corrected chi connectivity index (χ3v) is 2.54. The summed E-state index contributed by atoms with van der Waals surface area (Å²) < 4.78 is 36.7. The van der Waals surface area contributed by atoms with E-state index in [1.807, 2.05) is 6.92 Å². The average Bonchev–Trinajstić information content (AvgIpc) is 2.44. The van der Waals surface area contributed by atoms with Crippen molar-refractivity contribution in [3.8, 4) is 0 Å². The first-order valence-corrected chi connectivity index (χ1v) is 6.35. The lowest BCUT2D eigenvalue weighted by molar-refractivity contribution is -0.387. The summed E-state index contributed by atoms with van der Waals surface area (Å²) in [5.74, 6) is -3.68. The van der Waals surface area contributed by atoms with Crippen LogP contribution in [0.1, 0.15) is 30.1 Å². The molecule has 0 fully saturated rings. The second kappa shape index (κ2) is 8.25. The quantitative estimate of drug-likeness (QED) is 0.319. The maximum absolute atomic E-state index is 13.7. The van der Waals surface area contributed by atoms with Gasteiger partial charge in [0.05, 0.1) is 17.6 Å². The van der Waals surface area contributed by atoms with E-state index in [-0.39, 0.29) is 13.2 Å². The summed E-state index contributed by atoms with van der Waals surface area (Å²) >= 11 is 0. The van der Waals surface area contributed by atoms with Crippen LogP contribution in [0.4, 0.5) is 14.5 Å². The van der Waals surface area contributed by atoms with Gasteiger partial charge in [0, 0.05) is 6.61 Å². The van der Waals surface area contributed by atoms with E-state index in [0.717, 1.165) is 12.8 Å². The molecule has 0 saturated carbocycles. The Morgan fingerprint density at radius 1 is 1.29 bits per heavy atom. The highest BCUT2D eigenvalue weighted by atomic mass is 19.1. The predicted molar refractivity (Wildman–Crippen MR) is 69.0 cm³/mol. The molecule has 0 spiro atoms. The van der Waals surface area contributed by atoms with Gasteiger partial charge in [-0.1, -0.05) is 13.3 Å². The molecule has 1 rings (SSSR count). The molecule has 116 valence electrons. The summed E-state index contributed by atoms with van der Waals surface area (Å²) in [6.45, 7) is 2.47. The van der Waals surface area contributed by atoms with Crippen molar-refractivity contribution in [1.29, 1.82) is 0 Å². The molecule has 0 amide bonds. The lowest BCUT2D eigenvalue weighted by atomic mass is 10.2. The van der Waals surface area contributed by atoms with Crippen molar-refractivity contribution < 1.29 is 28.0 Å². The summed E-state index contributed by atoms with van der Waals surface area (Å²) in [5.41, 5.74) is -1.92. The number of nitrogens with zero attached hydrogens (tertiary/aromatic N) is 1. The van der Waals surface area contributed by atoms with Crippen molar-refractivity contribution in [2.24, 2.45) is 0 Å². The largest absolute Gasteiger partial charge is 0.460 e. The Morgan fingerprint density at radius 3 is 2.62 bits per heavy atom. The van der Waals surface area contributed by atoms with Crippen molar-refractivity contribution in [3.63, 3.8) is 0 Å². The highest BCUT2D eigenvalue weighted by Gasteiger charge is 2.25. The molecule has 21 heavy (non-hydrogen) atoms. The zero-order valence-corrected chi connectivity index (χ0v) is 11.4. The number of nitro benzene ring substituents is 1. The van der Waals surface area contributed by atoms with E-state index in [0.29, 0.717) is 18.7 Å². The third kappa shape index (κ3) is 5.07. The van der Waals surface area contributed by atoms with E-state index in [4.69, 9.17) is 4.74 Å². The number of nitro groups is 1. The number of rotatable bonds is 8. The van der Waals surface area contributed by atoms with Crippen molar-refractivity contribution in [2.45, 2.75) is 19.8 Å². The van der Waals surface area contributed by atoms with Crippen LogP contribution < -0.4 is 0 Å². The van der Waals surface area contributed by atoms with Gasteiger partial charge in [-0.3, -0.25) is 10.1 Å². The molecule has 6 nitrogen and oxygen atoms in total. The first-order valence-electron chi connectivity index (χ1n) is 6.35. The number of ether oxygens (including phenoxy) is 2. The molecule has 0 aliphatic rings. The molecule has 0 radical (unpaired) electrons. The monoisotopic (exact) mass is 303 g/mol. The van der Waals surface area contributed by atoms with Gasteiger partial charge in [-0.05, 0) is 12.5 Å². The number of esters is 1. The number of hydrogen-bond acceptors (Lipinski definition) is 5. The Kier molecular flexibility index (Phi) is 6.67. The number of unbranched alkanes of at least 4 members (excludes halogenated alkanes) is 1. The fourth-order valence-electron chi connectivity index (χ4n) is 1.48. The van der Waals surface area contributed by atoms with Gasteiger partial charge in [0.1, 0.15) is 18.0 Å². The lowest BCUT2D eigenvalue weighted by Crippen LogP contribution is -2.14. The van der Waals surface area contributed by atoms with Crippen LogP contribution in [-0.4, -0.2) is 30.7 Å². The number of carbonyl (C=O) groups excluding carboxylic acids is 1. The molecular formula is C13H15F2NO5. The van der Waals surface area contributed by atoms with Crippen LogP contribution in [0.2, 0.25) is 0 Å². The highest BCUT2D eigenvalue weighted by Crippen LogP contribution is 2.22. The maximum Gasteiger partial charge on any atom is 0.341 e. The fraction of sp³-hybridized carbons (Fsp3) is 0.462. The molecule has 1 aromatic carbocycles. The smallest absolute Gasteiger partial charge is 0.341 e. The number of benzene rings is 1. The standard InChI is InChI=1S/C13H15F2NO5/c1-2-3-4-20-5-6-21-13(17)10-7-9(14)8-11(12(10)15)16(18)19/h7-8H,2-6H2,1H3. The van der Waals surface area contributed by atoms with Gasteiger partial charge in [0.2, 0.25) is 5.82 Å². The maximum atomic E-state index is 13.7. The molecule has 0 aliphatic heterocycles. The summed E-state index contributed by atoms with van der Waals surface area (Å²) in [7, 11) is 0. The van der Waals surface area contributed by atoms with E-state index in [1.165, 1.54) is 0 Å². The Labute approximate surface area is 119 Å². The van der Waals surface area contributed by atoms with E-state index < -0.39 is 33.8 Å². The molecule has 8 heteroatoms. The van der Waals surface area contributed by atoms with Gasteiger partial charge < -0.3 is 9.47 Å². The van der Waals surface area contributed by atoms with Gasteiger partial charge in [0.15, 0.2) is 0 Å². The molecule has 0 saturated heterocycles. The van der Waals surface area contributed by atoms with Crippen LogP contribution in [-0.2, 0) is 9.47 Å². The minimum absolute atomic E-state index is 0.116. The van der Waals surface area contributed by atoms with Crippen molar-refractivity contribution in [1.82, 2.24) is 0 Å². The van der Waals surface area contributed by atoms with Gasteiger partial charge in [-0.25, -0.2) is 9.18 Å². The lowest BCUT2D eigenvalue weighted by Gasteiger charge is -2.07. The van der Waals surface area contributed by atoms with Crippen LogP contribution in [0.5, 0.6) is 0 Å². The molecule has 0 aromatic heterocycles. The van der Waals surface area contributed by atoms with E-state index in [1.54, 1.807) is 0 Å². The van der Waals surface area contributed by atoms with Crippen LogP contribution in [0.25, 0.3) is 0 Å². The fourth-order valence-corrected chi connectivity index (χ4v) is 1.48. The van der Waals surface area contributed by atoms with Crippen LogP contribution >= 0.6 is 0 Å². The first kappa shape index (κ1) is 17.0. The van der Waals surface area contributed by atoms with Crippen LogP contribution in [0.15, 0.2) is 12.1 Å². The van der Waals surface area contributed by atoms with Crippen LogP contribution in [0, 0.1) is 21.7 Å². The van der Waals surface area contributed by atoms with E-state index >= 15 is 0 Å². The molecule has 0 atom stereocenters. The summed E-state index contributed by atoms with van der Waals surface area (Å²) in [6.07, 6.45) is 1.82. The SMILES string of the molecule is CCCCOCCOC(=O)c1cc(F)cc([N+](=O)[O-])c1F. The number of hydrogen-bond donors (Lipinski definition) is 0. The van der Waals surface area contributed by atoms with Crippen molar-refractivity contribution in [2.75, 3.05) is 19.8 Å². The normalized spacial score (nSPS) is 10.4. The number of halogens is 2. The minimum Gasteiger partial charge on any atom is -0.460 e. The van der Waals surface area contributed by atoms with Gasteiger partial charge >= 0.3 is 11.7 Å². The second-order valence-corrected chi connectivity index (χ2v) is 4.15. The molecule has 0 aliphatic carbocycles. The molecule has 0 bridgehead atoms. The van der Waals surface area contributed by atoms with Gasteiger partial charge in [0.25, 0.3) is 0 Å². The Hall–Kier alpha value is -2.09. The van der Waals surface area contributed by atoms with Crippen LogP contribution in [0.3, 0.4) is 0 Å². The molecule has 0 N–H and O–H groups in total. The second-order valence-electron chi connectivity index (χ2n) is 4.15. The zero-order chi connectivity index (χ0) is 15.8. The number of carbonyl (C=O) groups is 1. The molecular weight excluding hydrogens is 288 g/mol. The highest BCUT2D eigenvalue weighted by molar-refractivity contribution is 5.90. The first-order chi connectivity index (χ1) is 9.97. The van der Waals surface area contributed by atoms with E-state index in [2.05, 4.69) is 4.74 Å². The van der Waals surface area contributed by atoms with Gasteiger partial charge in [-0.15, -0.1) is 0 Å². The van der Waals surface area contributed by atoms with Crippen molar-refractivity contribution >= 4 is 11.7 Å². The Morgan fingerprint density at radius 2 is 2.00 bits per heavy atom. The van der Waals surface area contributed by atoms with Gasteiger partial charge in [-0.2, -0.15) is 4.39 Å². The minimum atomic E-state index is -1.42. The Bertz CT molecular complexity index is 522. The predicted octanol–water partition coefficient (Wildman–Crippen LogP) is 2.85. The molecule has 0 heterocycles. The summed E-state index contributed by atoms with van der Waals surface area (Å²) in [5, 5.41) is 10.5. The third-order valence-electron chi connectivity index (χ3n) is 2.54. The Balaban J connectivity index is 2.64. The van der Waals surface area contributed by atoms with E-state index in [9.17, 15) is 23.7 Å². The molecule has 0 unspecified atom stereocenters. The topological polar surface area (TPSA) is 78.7 Å². The van der Waals surface area contributed by atoms with Crippen molar-refractivity contribution in [3.05, 3.63) is 39.4 Å². The average molecular weight is 303 g/mol.